The summed E-state index contributed by atoms with van der Waals surface area (Å²) in [6, 6.07) is 6.60. The van der Waals surface area contributed by atoms with Gasteiger partial charge in [-0.2, -0.15) is 0 Å². The average molecular weight is 234 g/mol. The third-order valence-electron chi connectivity index (χ3n) is 3.45. The van der Waals surface area contributed by atoms with Gasteiger partial charge in [0, 0.05) is 18.8 Å². The van der Waals surface area contributed by atoms with Gasteiger partial charge in [-0.05, 0) is 37.1 Å². The Balaban J connectivity index is 2.11. The molecule has 0 heterocycles. The van der Waals surface area contributed by atoms with Gasteiger partial charge >= 0.3 is 0 Å². The number of phenols is 1. The lowest BCUT2D eigenvalue weighted by Crippen LogP contribution is -2.39. The second-order valence-corrected chi connectivity index (χ2v) is 4.61. The van der Waals surface area contributed by atoms with E-state index in [0.717, 1.165) is 24.9 Å². The zero-order valence-corrected chi connectivity index (χ0v) is 9.97. The van der Waals surface area contributed by atoms with Gasteiger partial charge in [0.15, 0.2) is 0 Å². The van der Waals surface area contributed by atoms with Gasteiger partial charge < -0.3 is 15.7 Å². The molecule has 0 aromatic heterocycles. The van der Waals surface area contributed by atoms with E-state index in [9.17, 15) is 9.90 Å². The number of benzene rings is 1. The van der Waals surface area contributed by atoms with Gasteiger partial charge in [-0.25, -0.2) is 0 Å². The first kappa shape index (κ1) is 11.9. The maximum atomic E-state index is 12.2. The zero-order valence-electron chi connectivity index (χ0n) is 9.97. The number of rotatable bonds is 2. The van der Waals surface area contributed by atoms with Gasteiger partial charge in [0.05, 0.1) is 5.92 Å². The summed E-state index contributed by atoms with van der Waals surface area (Å²) in [7, 11) is 1.75. The number of phenolic OH excluding ortho intramolecular Hbond substituents is 1. The van der Waals surface area contributed by atoms with E-state index < -0.39 is 0 Å². The summed E-state index contributed by atoms with van der Waals surface area (Å²) in [6.07, 6.45) is 2.84. The van der Waals surface area contributed by atoms with Gasteiger partial charge in [-0.1, -0.05) is 6.42 Å². The van der Waals surface area contributed by atoms with Crippen LogP contribution in [0.1, 0.15) is 19.3 Å². The van der Waals surface area contributed by atoms with E-state index in [1.807, 2.05) is 0 Å². The maximum Gasteiger partial charge on any atom is 0.231 e. The number of anilines is 1. The van der Waals surface area contributed by atoms with Crippen LogP contribution in [0.2, 0.25) is 0 Å². The Morgan fingerprint density at radius 3 is 2.53 bits per heavy atom. The van der Waals surface area contributed by atoms with Crippen molar-refractivity contribution in [3.8, 4) is 5.75 Å². The van der Waals surface area contributed by atoms with Crippen LogP contribution in [0, 0.1) is 5.92 Å². The minimum atomic E-state index is -0.0613. The molecular formula is C13H18N2O2. The summed E-state index contributed by atoms with van der Waals surface area (Å²) in [6.45, 7) is 0. The monoisotopic (exact) mass is 234 g/mol. The van der Waals surface area contributed by atoms with Crippen molar-refractivity contribution in [2.75, 3.05) is 11.9 Å². The standard InChI is InChI=1S/C13H18N2O2/c1-15(9-5-7-10(16)8-6-9)13(17)11-3-2-4-12(11)14/h5-8,11-12,16H,2-4,14H2,1H3. The molecule has 2 atom stereocenters. The van der Waals surface area contributed by atoms with E-state index in [2.05, 4.69) is 0 Å². The van der Waals surface area contributed by atoms with Crippen LogP contribution in [-0.4, -0.2) is 24.1 Å². The van der Waals surface area contributed by atoms with Crippen LogP contribution in [0.4, 0.5) is 5.69 Å². The molecule has 1 fully saturated rings. The molecule has 1 aliphatic rings. The number of aromatic hydroxyl groups is 1. The van der Waals surface area contributed by atoms with Gasteiger partial charge in [0.25, 0.3) is 0 Å². The van der Waals surface area contributed by atoms with E-state index >= 15 is 0 Å². The fraction of sp³-hybridized carbons (Fsp3) is 0.462. The third-order valence-corrected chi connectivity index (χ3v) is 3.45. The van der Waals surface area contributed by atoms with Crippen molar-refractivity contribution in [1.29, 1.82) is 0 Å². The van der Waals surface area contributed by atoms with Crippen LogP contribution in [0.25, 0.3) is 0 Å². The quantitative estimate of drug-likeness (QED) is 0.814. The SMILES string of the molecule is CN(C(=O)C1CCCC1N)c1ccc(O)cc1. The summed E-state index contributed by atoms with van der Waals surface area (Å²) in [4.78, 5) is 13.8. The molecule has 3 N–H and O–H groups in total. The molecule has 92 valence electrons. The Hall–Kier alpha value is -1.55. The molecule has 4 heteroatoms. The minimum Gasteiger partial charge on any atom is -0.508 e. The number of hydrogen-bond donors (Lipinski definition) is 2. The molecule has 0 radical (unpaired) electrons. The van der Waals surface area contributed by atoms with Gasteiger partial charge in [0.2, 0.25) is 5.91 Å². The van der Waals surface area contributed by atoms with Gasteiger partial charge in [0.1, 0.15) is 5.75 Å². The summed E-state index contributed by atoms with van der Waals surface area (Å²) in [5.74, 6) is 0.210. The number of hydrogen-bond acceptors (Lipinski definition) is 3. The Labute approximate surface area is 101 Å². The topological polar surface area (TPSA) is 66.6 Å². The first-order chi connectivity index (χ1) is 8.09. The highest BCUT2D eigenvalue weighted by Gasteiger charge is 2.32. The highest BCUT2D eigenvalue weighted by atomic mass is 16.3. The number of nitrogens with two attached hydrogens (primary N) is 1. The van der Waals surface area contributed by atoms with E-state index in [4.69, 9.17) is 5.73 Å². The van der Waals surface area contributed by atoms with E-state index in [-0.39, 0.29) is 23.6 Å². The van der Waals surface area contributed by atoms with Gasteiger partial charge in [-0.15, -0.1) is 0 Å². The Morgan fingerprint density at radius 1 is 1.35 bits per heavy atom. The van der Waals surface area contributed by atoms with Crippen molar-refractivity contribution in [3.63, 3.8) is 0 Å². The highest BCUT2D eigenvalue weighted by molar-refractivity contribution is 5.95. The number of nitrogens with zero attached hydrogens (tertiary/aromatic N) is 1. The fourth-order valence-corrected chi connectivity index (χ4v) is 2.35. The maximum absolute atomic E-state index is 12.2. The molecule has 2 unspecified atom stereocenters. The van der Waals surface area contributed by atoms with Crippen molar-refractivity contribution in [3.05, 3.63) is 24.3 Å². The zero-order chi connectivity index (χ0) is 12.4. The molecule has 1 aromatic carbocycles. The van der Waals surface area contributed by atoms with Crippen molar-refractivity contribution < 1.29 is 9.90 Å². The molecule has 17 heavy (non-hydrogen) atoms. The Bertz CT molecular complexity index is 402. The summed E-state index contributed by atoms with van der Waals surface area (Å²) in [5.41, 5.74) is 6.72. The first-order valence-electron chi connectivity index (χ1n) is 5.92. The Morgan fingerprint density at radius 2 is 2.00 bits per heavy atom. The largest absolute Gasteiger partial charge is 0.508 e. The molecule has 1 aromatic rings. The smallest absolute Gasteiger partial charge is 0.231 e. The fourth-order valence-electron chi connectivity index (χ4n) is 2.35. The van der Waals surface area contributed by atoms with Crippen molar-refractivity contribution >= 4 is 11.6 Å². The van der Waals surface area contributed by atoms with Crippen molar-refractivity contribution in [1.82, 2.24) is 0 Å². The van der Waals surface area contributed by atoms with E-state index in [0.29, 0.717) is 0 Å². The summed E-state index contributed by atoms with van der Waals surface area (Å²) < 4.78 is 0. The van der Waals surface area contributed by atoms with E-state index in [1.54, 1.807) is 36.2 Å². The molecule has 1 amide bonds. The molecule has 0 aliphatic heterocycles. The number of carbonyl (C=O) groups is 1. The van der Waals surface area contributed by atoms with Crippen LogP contribution in [-0.2, 0) is 4.79 Å². The van der Waals surface area contributed by atoms with Crippen LogP contribution in [0.3, 0.4) is 0 Å². The molecular weight excluding hydrogens is 216 g/mol. The minimum absolute atomic E-state index is 0.0120. The van der Waals surface area contributed by atoms with Crippen LogP contribution >= 0.6 is 0 Å². The second kappa shape index (κ2) is 4.75. The molecule has 1 saturated carbocycles. The van der Waals surface area contributed by atoms with Crippen LogP contribution in [0.15, 0.2) is 24.3 Å². The second-order valence-electron chi connectivity index (χ2n) is 4.61. The normalized spacial score (nSPS) is 23.6. The first-order valence-corrected chi connectivity index (χ1v) is 5.92. The lowest BCUT2D eigenvalue weighted by atomic mass is 10.0. The van der Waals surface area contributed by atoms with Crippen LogP contribution in [0.5, 0.6) is 5.75 Å². The highest BCUT2D eigenvalue weighted by Crippen LogP contribution is 2.27. The predicted octanol–water partition coefficient (Wildman–Crippen LogP) is 1.48. The molecule has 0 bridgehead atoms. The van der Waals surface area contributed by atoms with Crippen molar-refractivity contribution in [2.24, 2.45) is 11.7 Å². The van der Waals surface area contributed by atoms with Crippen molar-refractivity contribution in [2.45, 2.75) is 25.3 Å². The number of carbonyl (C=O) groups excluding carboxylic acids is 1. The molecule has 1 aliphatic carbocycles. The third kappa shape index (κ3) is 2.42. The number of amides is 1. The lowest BCUT2D eigenvalue weighted by molar-refractivity contribution is -0.122. The van der Waals surface area contributed by atoms with E-state index in [1.165, 1.54) is 0 Å². The van der Waals surface area contributed by atoms with Crippen LogP contribution < -0.4 is 10.6 Å². The molecule has 4 nitrogen and oxygen atoms in total. The molecule has 0 saturated heterocycles. The molecule has 2 rings (SSSR count). The van der Waals surface area contributed by atoms with Gasteiger partial charge in [-0.3, -0.25) is 4.79 Å². The average Bonchev–Trinajstić information content (AvgIpc) is 2.74. The Kier molecular flexibility index (Phi) is 3.33. The summed E-state index contributed by atoms with van der Waals surface area (Å²) >= 11 is 0. The molecule has 0 spiro atoms. The lowest BCUT2D eigenvalue weighted by Gasteiger charge is -2.23. The predicted molar refractivity (Wildman–Crippen MR) is 66.8 cm³/mol. The summed E-state index contributed by atoms with van der Waals surface area (Å²) in [5, 5.41) is 9.21.